The fourth-order valence-corrected chi connectivity index (χ4v) is 0.837. The largest absolute Gasteiger partial charge is 0.450 e. The lowest BCUT2D eigenvalue weighted by atomic mass is 10.2. The lowest BCUT2D eigenvalue weighted by molar-refractivity contribution is 0.108. The third-order valence-corrected chi connectivity index (χ3v) is 1.51. The number of benzene rings is 1. The van der Waals surface area contributed by atoms with Crippen LogP contribution in [0.3, 0.4) is 0 Å². The molecule has 0 fully saturated rings. The van der Waals surface area contributed by atoms with Crippen LogP contribution in [0.4, 0.5) is 4.79 Å². The Kier molecular flexibility index (Phi) is 7.01. The van der Waals surface area contributed by atoms with Crippen LogP contribution < -0.4 is 5.73 Å². The van der Waals surface area contributed by atoms with E-state index in [2.05, 4.69) is 10.5 Å². The SMILES string of the molecule is CCOC(N)=O.O=C(Cl)c1ccccc1. The highest BCUT2D eigenvalue weighted by atomic mass is 35.5. The van der Waals surface area contributed by atoms with Gasteiger partial charge in [0, 0.05) is 5.56 Å². The van der Waals surface area contributed by atoms with Gasteiger partial charge in [0.15, 0.2) is 0 Å². The van der Waals surface area contributed by atoms with Gasteiger partial charge in [-0.05, 0) is 18.5 Å². The molecule has 0 spiro atoms. The summed E-state index contributed by atoms with van der Waals surface area (Å²) in [6.07, 6.45) is -0.711. The average molecular weight is 230 g/mol. The van der Waals surface area contributed by atoms with Crippen molar-refractivity contribution >= 4 is 22.9 Å². The van der Waals surface area contributed by atoms with Gasteiger partial charge >= 0.3 is 6.09 Å². The Hall–Kier alpha value is -1.55. The summed E-state index contributed by atoms with van der Waals surface area (Å²) < 4.78 is 4.18. The molecule has 0 aliphatic rings. The van der Waals surface area contributed by atoms with Crippen LogP contribution in [-0.2, 0) is 4.74 Å². The predicted octanol–water partition coefficient (Wildman–Crippen LogP) is 2.17. The Labute approximate surface area is 93.0 Å². The molecule has 1 aromatic carbocycles. The van der Waals surface area contributed by atoms with Crippen molar-refractivity contribution in [2.75, 3.05) is 6.61 Å². The number of halogens is 1. The van der Waals surface area contributed by atoms with E-state index in [1.54, 1.807) is 31.2 Å². The van der Waals surface area contributed by atoms with E-state index in [-0.39, 0.29) is 0 Å². The maximum atomic E-state index is 10.4. The molecule has 0 saturated carbocycles. The number of rotatable bonds is 2. The molecule has 82 valence electrons. The summed E-state index contributed by atoms with van der Waals surface area (Å²) in [5, 5.41) is -0.407. The van der Waals surface area contributed by atoms with Crippen LogP contribution in [0.1, 0.15) is 17.3 Å². The molecule has 0 atom stereocenters. The zero-order chi connectivity index (χ0) is 11.7. The predicted molar refractivity (Wildman–Crippen MR) is 57.8 cm³/mol. The third kappa shape index (κ3) is 7.52. The molecule has 0 aliphatic carbocycles. The minimum absolute atomic E-state index is 0.356. The van der Waals surface area contributed by atoms with E-state index in [4.69, 9.17) is 11.6 Å². The molecule has 1 amide bonds. The first-order chi connectivity index (χ1) is 7.07. The number of carbonyl (C=O) groups excluding carboxylic acids is 2. The molecule has 0 aliphatic heterocycles. The van der Waals surface area contributed by atoms with E-state index < -0.39 is 11.3 Å². The first-order valence-corrected chi connectivity index (χ1v) is 4.62. The Morgan fingerprint density at radius 2 is 1.87 bits per heavy atom. The van der Waals surface area contributed by atoms with Gasteiger partial charge in [0.25, 0.3) is 5.24 Å². The first-order valence-electron chi connectivity index (χ1n) is 4.25. The van der Waals surface area contributed by atoms with Crippen molar-refractivity contribution in [3.63, 3.8) is 0 Å². The summed E-state index contributed by atoms with van der Waals surface area (Å²) in [6.45, 7) is 2.06. The molecule has 15 heavy (non-hydrogen) atoms. The molecule has 1 aromatic rings. The molecule has 4 nitrogen and oxygen atoms in total. The molecule has 1 rings (SSSR count). The van der Waals surface area contributed by atoms with Crippen molar-refractivity contribution in [1.82, 2.24) is 0 Å². The van der Waals surface area contributed by atoms with Gasteiger partial charge < -0.3 is 10.5 Å². The molecule has 0 heterocycles. The number of hydrogen-bond acceptors (Lipinski definition) is 3. The van der Waals surface area contributed by atoms with Crippen LogP contribution in [0.25, 0.3) is 0 Å². The van der Waals surface area contributed by atoms with E-state index in [1.807, 2.05) is 6.07 Å². The lowest BCUT2D eigenvalue weighted by Gasteiger charge is -1.89. The fourth-order valence-electron chi connectivity index (χ4n) is 0.711. The normalized spacial score (nSPS) is 8.40. The Bertz CT molecular complexity index is 314. The van der Waals surface area contributed by atoms with Crippen LogP contribution >= 0.6 is 11.6 Å². The zero-order valence-corrected chi connectivity index (χ0v) is 9.03. The monoisotopic (exact) mass is 229 g/mol. The van der Waals surface area contributed by atoms with Crippen molar-refractivity contribution in [2.24, 2.45) is 5.73 Å². The molecule has 2 N–H and O–H groups in total. The number of nitrogens with two attached hydrogens (primary N) is 1. The van der Waals surface area contributed by atoms with Gasteiger partial charge in [-0.15, -0.1) is 0 Å². The summed E-state index contributed by atoms with van der Waals surface area (Å²) in [5.74, 6) is 0. The third-order valence-electron chi connectivity index (χ3n) is 1.29. The summed E-state index contributed by atoms with van der Waals surface area (Å²) in [6, 6.07) is 8.74. The highest BCUT2D eigenvalue weighted by Gasteiger charge is 1.95. The van der Waals surface area contributed by atoms with E-state index in [1.165, 1.54) is 0 Å². The van der Waals surface area contributed by atoms with Gasteiger partial charge in [-0.3, -0.25) is 4.79 Å². The maximum Gasteiger partial charge on any atom is 0.404 e. The van der Waals surface area contributed by atoms with E-state index >= 15 is 0 Å². The van der Waals surface area contributed by atoms with E-state index in [0.29, 0.717) is 12.2 Å². The van der Waals surface area contributed by atoms with Crippen molar-refractivity contribution < 1.29 is 14.3 Å². The minimum Gasteiger partial charge on any atom is -0.450 e. The summed E-state index contributed by atoms with van der Waals surface area (Å²) in [4.78, 5) is 20.0. The van der Waals surface area contributed by atoms with Crippen LogP contribution in [-0.4, -0.2) is 17.9 Å². The van der Waals surface area contributed by atoms with Gasteiger partial charge in [-0.2, -0.15) is 0 Å². The van der Waals surface area contributed by atoms with Gasteiger partial charge in [-0.25, -0.2) is 4.79 Å². The van der Waals surface area contributed by atoms with Crippen molar-refractivity contribution in [3.05, 3.63) is 35.9 Å². The quantitative estimate of drug-likeness (QED) is 0.790. The zero-order valence-electron chi connectivity index (χ0n) is 8.27. The van der Waals surface area contributed by atoms with Crippen LogP contribution in [0, 0.1) is 0 Å². The van der Waals surface area contributed by atoms with Gasteiger partial charge in [0.05, 0.1) is 6.61 Å². The minimum atomic E-state index is -0.711. The molecular weight excluding hydrogens is 218 g/mol. The van der Waals surface area contributed by atoms with Crippen molar-refractivity contribution in [1.29, 1.82) is 0 Å². The molecule has 5 heteroatoms. The molecule has 0 aromatic heterocycles. The van der Waals surface area contributed by atoms with Crippen molar-refractivity contribution in [3.8, 4) is 0 Å². The molecule has 0 unspecified atom stereocenters. The lowest BCUT2D eigenvalue weighted by Crippen LogP contribution is -2.11. The number of hydrogen-bond donors (Lipinski definition) is 1. The first kappa shape index (κ1) is 13.4. The fraction of sp³-hybridized carbons (Fsp3) is 0.200. The molecule has 0 radical (unpaired) electrons. The Morgan fingerprint density at radius 1 is 1.33 bits per heavy atom. The second kappa shape index (κ2) is 7.82. The van der Waals surface area contributed by atoms with Crippen molar-refractivity contribution in [2.45, 2.75) is 6.92 Å². The van der Waals surface area contributed by atoms with Gasteiger partial charge in [0.2, 0.25) is 0 Å². The highest BCUT2D eigenvalue weighted by Crippen LogP contribution is 2.01. The maximum absolute atomic E-state index is 10.4. The molecule has 0 bridgehead atoms. The number of amides is 1. The second-order valence-corrected chi connectivity index (χ2v) is 2.74. The summed E-state index contributed by atoms with van der Waals surface area (Å²) in [7, 11) is 0. The van der Waals surface area contributed by atoms with Gasteiger partial charge in [-0.1, -0.05) is 30.3 Å². The van der Waals surface area contributed by atoms with Crippen LogP contribution in [0.15, 0.2) is 30.3 Å². The standard InChI is InChI=1S/C7H5ClO.C3H7NO2/c8-7(9)6-4-2-1-3-5-6;1-2-6-3(4)5/h1-5H;2H2,1H3,(H2,4,5). The smallest absolute Gasteiger partial charge is 0.404 e. The van der Waals surface area contributed by atoms with Crippen LogP contribution in [0.2, 0.25) is 0 Å². The highest BCUT2D eigenvalue weighted by molar-refractivity contribution is 6.67. The number of carbonyl (C=O) groups is 2. The van der Waals surface area contributed by atoms with E-state index in [0.717, 1.165) is 0 Å². The molecule has 0 saturated heterocycles. The summed E-state index contributed by atoms with van der Waals surface area (Å²) in [5.41, 5.74) is 5.08. The van der Waals surface area contributed by atoms with Crippen LogP contribution in [0.5, 0.6) is 0 Å². The average Bonchev–Trinajstić information content (AvgIpc) is 2.20. The number of ether oxygens (including phenoxy) is 1. The Morgan fingerprint density at radius 3 is 2.07 bits per heavy atom. The summed E-state index contributed by atoms with van der Waals surface area (Å²) >= 11 is 5.16. The number of primary amides is 1. The Balaban J connectivity index is 0.000000288. The molecular formula is C10H12ClNO3. The van der Waals surface area contributed by atoms with E-state index in [9.17, 15) is 9.59 Å². The topological polar surface area (TPSA) is 69.4 Å². The van der Waals surface area contributed by atoms with Gasteiger partial charge in [0.1, 0.15) is 0 Å². The second-order valence-electron chi connectivity index (χ2n) is 2.39.